The molecular formula is C12H23NO2. The fourth-order valence-electron chi connectivity index (χ4n) is 2.53. The third-order valence-electron chi connectivity index (χ3n) is 3.42. The zero-order valence-corrected chi connectivity index (χ0v) is 9.74. The lowest BCUT2D eigenvalue weighted by molar-refractivity contribution is -0.118. The molecule has 1 aliphatic rings. The molecule has 0 amide bonds. The number of hydrogen-bond acceptors (Lipinski definition) is 3. The Morgan fingerprint density at radius 3 is 2.33 bits per heavy atom. The average Bonchev–Trinajstić information content (AvgIpc) is 2.44. The molecule has 3 nitrogen and oxygen atoms in total. The summed E-state index contributed by atoms with van der Waals surface area (Å²) in [4.78, 5) is 13.4. The summed E-state index contributed by atoms with van der Waals surface area (Å²) in [5, 5.41) is 8.85. The predicted molar refractivity (Wildman–Crippen MR) is 60.8 cm³/mol. The van der Waals surface area contributed by atoms with Crippen molar-refractivity contribution in [3.8, 4) is 0 Å². The summed E-state index contributed by atoms with van der Waals surface area (Å²) >= 11 is 0. The molecule has 1 saturated carbocycles. The highest BCUT2D eigenvalue weighted by molar-refractivity contribution is 5.59. The molecule has 0 aromatic carbocycles. The summed E-state index contributed by atoms with van der Waals surface area (Å²) < 4.78 is 0. The van der Waals surface area contributed by atoms with Crippen molar-refractivity contribution < 1.29 is 9.90 Å². The lowest BCUT2D eigenvalue weighted by atomic mass is 9.81. The summed E-state index contributed by atoms with van der Waals surface area (Å²) in [6, 6.07) is 0. The van der Waals surface area contributed by atoms with Crippen molar-refractivity contribution in [2.75, 3.05) is 26.7 Å². The van der Waals surface area contributed by atoms with Gasteiger partial charge in [-0.05, 0) is 19.9 Å². The SMILES string of the molecule is CN(CCO)CC1(C=O)CCCCCC1. The number of aliphatic hydroxyl groups excluding tert-OH is 1. The van der Waals surface area contributed by atoms with Crippen molar-refractivity contribution in [1.82, 2.24) is 4.90 Å². The Bertz CT molecular complexity index is 186. The molecule has 3 heteroatoms. The maximum absolute atomic E-state index is 11.3. The van der Waals surface area contributed by atoms with Crippen LogP contribution in [0.15, 0.2) is 0 Å². The normalized spacial score (nSPS) is 21.3. The van der Waals surface area contributed by atoms with Crippen LogP contribution in [0.1, 0.15) is 38.5 Å². The molecule has 0 aromatic rings. The van der Waals surface area contributed by atoms with Crippen LogP contribution < -0.4 is 0 Å². The Kier molecular flexibility index (Phi) is 5.26. The molecule has 1 N–H and O–H groups in total. The first kappa shape index (κ1) is 12.7. The van der Waals surface area contributed by atoms with E-state index >= 15 is 0 Å². The standard InChI is InChI=1S/C12H23NO2/c1-13(8-9-14)10-12(11-15)6-4-2-3-5-7-12/h11,14H,2-10H2,1H3. The van der Waals surface area contributed by atoms with Crippen LogP contribution >= 0.6 is 0 Å². The van der Waals surface area contributed by atoms with Crippen molar-refractivity contribution in [2.24, 2.45) is 5.41 Å². The minimum absolute atomic E-state index is 0.138. The summed E-state index contributed by atoms with van der Waals surface area (Å²) in [5.74, 6) is 0. The lowest BCUT2D eigenvalue weighted by Crippen LogP contribution is -2.38. The minimum Gasteiger partial charge on any atom is -0.395 e. The molecule has 0 bridgehead atoms. The molecule has 1 rings (SSSR count). The maximum atomic E-state index is 11.3. The molecule has 1 aliphatic carbocycles. The second-order valence-corrected chi connectivity index (χ2v) is 4.86. The summed E-state index contributed by atoms with van der Waals surface area (Å²) in [7, 11) is 1.98. The van der Waals surface area contributed by atoms with Crippen LogP contribution in [-0.4, -0.2) is 43.0 Å². The van der Waals surface area contributed by atoms with E-state index in [2.05, 4.69) is 4.90 Å². The van der Waals surface area contributed by atoms with Gasteiger partial charge in [-0.3, -0.25) is 0 Å². The van der Waals surface area contributed by atoms with E-state index in [1.165, 1.54) is 25.7 Å². The maximum Gasteiger partial charge on any atom is 0.127 e. The Hall–Kier alpha value is -0.410. The van der Waals surface area contributed by atoms with Gasteiger partial charge >= 0.3 is 0 Å². The summed E-state index contributed by atoms with van der Waals surface area (Å²) in [6.45, 7) is 1.64. The lowest BCUT2D eigenvalue weighted by Gasteiger charge is -2.31. The van der Waals surface area contributed by atoms with Crippen LogP contribution in [0.3, 0.4) is 0 Å². The third-order valence-corrected chi connectivity index (χ3v) is 3.42. The Balaban J connectivity index is 2.53. The van der Waals surface area contributed by atoms with Crippen LogP contribution in [-0.2, 0) is 4.79 Å². The van der Waals surface area contributed by atoms with Crippen molar-refractivity contribution in [3.63, 3.8) is 0 Å². The second kappa shape index (κ2) is 6.23. The van der Waals surface area contributed by atoms with Gasteiger partial charge < -0.3 is 14.8 Å². The van der Waals surface area contributed by atoms with Crippen LogP contribution in [0, 0.1) is 5.41 Å². The van der Waals surface area contributed by atoms with E-state index in [4.69, 9.17) is 5.11 Å². The number of aliphatic hydroxyl groups is 1. The molecule has 0 spiro atoms. The van der Waals surface area contributed by atoms with Gasteiger partial charge in [0, 0.05) is 18.5 Å². The topological polar surface area (TPSA) is 40.5 Å². The number of carbonyl (C=O) groups is 1. The highest BCUT2D eigenvalue weighted by atomic mass is 16.3. The Morgan fingerprint density at radius 2 is 1.87 bits per heavy atom. The van der Waals surface area contributed by atoms with E-state index in [1.807, 2.05) is 7.05 Å². The summed E-state index contributed by atoms with van der Waals surface area (Å²) in [6.07, 6.45) is 8.07. The minimum atomic E-state index is -0.138. The Morgan fingerprint density at radius 1 is 1.27 bits per heavy atom. The molecule has 0 heterocycles. The molecule has 0 saturated heterocycles. The summed E-state index contributed by atoms with van der Waals surface area (Å²) in [5.41, 5.74) is -0.138. The van der Waals surface area contributed by atoms with Crippen molar-refractivity contribution in [1.29, 1.82) is 0 Å². The highest BCUT2D eigenvalue weighted by Crippen LogP contribution is 2.33. The van der Waals surface area contributed by atoms with Gasteiger partial charge in [-0.25, -0.2) is 0 Å². The molecule has 0 unspecified atom stereocenters. The molecule has 1 fully saturated rings. The van der Waals surface area contributed by atoms with E-state index in [-0.39, 0.29) is 12.0 Å². The van der Waals surface area contributed by atoms with Gasteiger partial charge in [0.15, 0.2) is 0 Å². The van der Waals surface area contributed by atoms with Crippen LogP contribution in [0.25, 0.3) is 0 Å². The molecular weight excluding hydrogens is 190 g/mol. The zero-order chi connectivity index (χ0) is 11.1. The van der Waals surface area contributed by atoms with Gasteiger partial charge in [-0.1, -0.05) is 25.7 Å². The molecule has 15 heavy (non-hydrogen) atoms. The van der Waals surface area contributed by atoms with Gasteiger partial charge in [0.2, 0.25) is 0 Å². The quantitative estimate of drug-likeness (QED) is 0.555. The van der Waals surface area contributed by atoms with Gasteiger partial charge in [0.25, 0.3) is 0 Å². The molecule has 88 valence electrons. The highest BCUT2D eigenvalue weighted by Gasteiger charge is 2.31. The Labute approximate surface area is 92.5 Å². The third kappa shape index (κ3) is 3.92. The molecule has 0 radical (unpaired) electrons. The average molecular weight is 213 g/mol. The zero-order valence-electron chi connectivity index (χ0n) is 9.74. The molecule has 0 atom stereocenters. The van der Waals surface area contributed by atoms with Crippen molar-refractivity contribution in [2.45, 2.75) is 38.5 Å². The van der Waals surface area contributed by atoms with Crippen molar-refractivity contribution >= 4 is 6.29 Å². The first-order valence-electron chi connectivity index (χ1n) is 5.98. The van der Waals surface area contributed by atoms with E-state index in [9.17, 15) is 4.79 Å². The number of aldehydes is 1. The second-order valence-electron chi connectivity index (χ2n) is 4.86. The monoisotopic (exact) mass is 213 g/mol. The number of nitrogens with zero attached hydrogens (tertiary/aromatic N) is 1. The fraction of sp³-hybridized carbons (Fsp3) is 0.917. The van der Waals surface area contributed by atoms with Gasteiger partial charge in [-0.15, -0.1) is 0 Å². The van der Waals surface area contributed by atoms with E-state index in [1.54, 1.807) is 0 Å². The van der Waals surface area contributed by atoms with Crippen molar-refractivity contribution in [3.05, 3.63) is 0 Å². The molecule has 0 aliphatic heterocycles. The largest absolute Gasteiger partial charge is 0.395 e. The van der Waals surface area contributed by atoms with Gasteiger partial charge in [0.05, 0.1) is 6.61 Å². The molecule has 0 aromatic heterocycles. The van der Waals surface area contributed by atoms with Crippen LogP contribution in [0.4, 0.5) is 0 Å². The first-order valence-corrected chi connectivity index (χ1v) is 5.98. The number of hydrogen-bond donors (Lipinski definition) is 1. The van der Waals surface area contributed by atoms with Crippen LogP contribution in [0.5, 0.6) is 0 Å². The first-order chi connectivity index (χ1) is 7.22. The van der Waals surface area contributed by atoms with E-state index < -0.39 is 0 Å². The van der Waals surface area contributed by atoms with Crippen LogP contribution in [0.2, 0.25) is 0 Å². The number of rotatable bonds is 5. The van der Waals surface area contributed by atoms with Gasteiger partial charge in [0.1, 0.15) is 6.29 Å². The van der Waals surface area contributed by atoms with E-state index in [0.717, 1.165) is 25.7 Å². The predicted octanol–water partition coefficient (Wildman–Crippen LogP) is 1.45. The number of carbonyl (C=O) groups excluding carboxylic acids is 1. The smallest absolute Gasteiger partial charge is 0.127 e. The van der Waals surface area contributed by atoms with E-state index in [0.29, 0.717) is 6.54 Å². The van der Waals surface area contributed by atoms with Gasteiger partial charge in [-0.2, -0.15) is 0 Å². The fourth-order valence-corrected chi connectivity index (χ4v) is 2.53. The number of likely N-dealkylation sites (N-methyl/N-ethyl adjacent to an activating group) is 1.